The fourth-order valence-electron chi connectivity index (χ4n) is 2.32. The van der Waals surface area contributed by atoms with Gasteiger partial charge in [-0.3, -0.25) is 0 Å². The summed E-state index contributed by atoms with van der Waals surface area (Å²) in [6, 6.07) is 13.6. The molecule has 144 valence electrons. The van der Waals surface area contributed by atoms with E-state index < -0.39 is 17.7 Å². The van der Waals surface area contributed by atoms with Crippen molar-refractivity contribution in [1.29, 1.82) is 0 Å². The van der Waals surface area contributed by atoms with Crippen LogP contribution in [-0.4, -0.2) is 22.6 Å². The van der Waals surface area contributed by atoms with Gasteiger partial charge in [0.15, 0.2) is 0 Å². The number of urea groups is 1. The summed E-state index contributed by atoms with van der Waals surface area (Å²) in [6.45, 7) is 5.55. The van der Waals surface area contributed by atoms with Gasteiger partial charge in [-0.1, -0.05) is 24.3 Å². The van der Waals surface area contributed by atoms with Crippen molar-refractivity contribution in [1.82, 2.24) is 10.2 Å². The van der Waals surface area contributed by atoms with E-state index in [4.69, 9.17) is 16.2 Å². The summed E-state index contributed by atoms with van der Waals surface area (Å²) in [7, 11) is 0. The van der Waals surface area contributed by atoms with Crippen LogP contribution in [0.15, 0.2) is 48.5 Å². The lowest BCUT2D eigenvalue weighted by atomic mass is 10.2. The van der Waals surface area contributed by atoms with Crippen molar-refractivity contribution in [2.45, 2.75) is 39.5 Å². The maximum Gasteiger partial charge on any atom is 0.418 e. The molecule has 0 atom stereocenters. The average Bonchev–Trinajstić information content (AvgIpc) is 2.57. The van der Waals surface area contributed by atoms with E-state index in [-0.39, 0.29) is 13.1 Å². The lowest BCUT2D eigenvalue weighted by Gasteiger charge is -2.26. The Labute approximate surface area is 159 Å². The molecular weight excluding hydrogens is 344 g/mol. The number of rotatable bonds is 4. The summed E-state index contributed by atoms with van der Waals surface area (Å²) < 4.78 is 5.37. The minimum Gasteiger partial charge on any atom is -0.443 e. The van der Waals surface area contributed by atoms with Gasteiger partial charge in [-0.05, 0) is 56.2 Å². The highest BCUT2D eigenvalue weighted by atomic mass is 16.6. The number of benzene rings is 2. The molecule has 7 nitrogen and oxygen atoms in total. The van der Waals surface area contributed by atoms with E-state index in [0.29, 0.717) is 11.4 Å². The normalized spacial score (nSPS) is 10.9. The molecule has 0 bridgehead atoms. The molecule has 0 radical (unpaired) electrons. The van der Waals surface area contributed by atoms with Gasteiger partial charge in [0.2, 0.25) is 0 Å². The molecule has 2 rings (SSSR count). The first-order chi connectivity index (χ1) is 12.6. The molecule has 0 unspecified atom stereocenters. The molecule has 0 aliphatic rings. The number of hydrogen-bond acceptors (Lipinski definition) is 5. The van der Waals surface area contributed by atoms with Gasteiger partial charge in [-0.2, -0.15) is 0 Å². The number of nitrogen functional groups attached to an aromatic ring is 2. The van der Waals surface area contributed by atoms with Crippen molar-refractivity contribution in [2.24, 2.45) is 0 Å². The van der Waals surface area contributed by atoms with Gasteiger partial charge in [-0.25, -0.2) is 14.5 Å². The second kappa shape index (κ2) is 8.44. The summed E-state index contributed by atoms with van der Waals surface area (Å²) >= 11 is 0. The number of carbonyl (C=O) groups is 2. The van der Waals surface area contributed by atoms with Gasteiger partial charge in [-0.15, -0.1) is 0 Å². The third-order valence-electron chi connectivity index (χ3n) is 3.57. The van der Waals surface area contributed by atoms with Crippen LogP contribution < -0.4 is 16.8 Å². The summed E-state index contributed by atoms with van der Waals surface area (Å²) in [6.07, 6.45) is -0.718. The number of hydrogen-bond donors (Lipinski definition) is 3. The zero-order valence-corrected chi connectivity index (χ0v) is 15.9. The zero-order valence-electron chi connectivity index (χ0n) is 15.9. The lowest BCUT2D eigenvalue weighted by Crippen LogP contribution is -2.45. The second-order valence-corrected chi connectivity index (χ2v) is 7.21. The third-order valence-corrected chi connectivity index (χ3v) is 3.57. The molecule has 0 aromatic heterocycles. The van der Waals surface area contributed by atoms with Crippen molar-refractivity contribution in [2.75, 3.05) is 11.5 Å². The van der Waals surface area contributed by atoms with Crippen LogP contribution in [0.4, 0.5) is 21.0 Å². The first-order valence-electron chi connectivity index (χ1n) is 8.61. The van der Waals surface area contributed by atoms with Crippen LogP contribution in [0.5, 0.6) is 0 Å². The topological polar surface area (TPSA) is 111 Å². The molecule has 0 fully saturated rings. The van der Waals surface area contributed by atoms with E-state index in [2.05, 4.69) is 5.32 Å². The number of carbonyl (C=O) groups excluding carboxylic acids is 2. The van der Waals surface area contributed by atoms with E-state index in [1.807, 2.05) is 6.07 Å². The number of anilines is 2. The molecule has 0 aliphatic carbocycles. The van der Waals surface area contributed by atoms with Crippen molar-refractivity contribution in [3.63, 3.8) is 0 Å². The first-order valence-corrected chi connectivity index (χ1v) is 8.61. The first kappa shape index (κ1) is 20.1. The Balaban J connectivity index is 2.12. The lowest BCUT2D eigenvalue weighted by molar-refractivity contribution is 0.0308. The van der Waals surface area contributed by atoms with Crippen molar-refractivity contribution in [3.8, 4) is 0 Å². The molecule has 2 aromatic rings. The van der Waals surface area contributed by atoms with Crippen molar-refractivity contribution in [3.05, 3.63) is 59.7 Å². The molecule has 2 aromatic carbocycles. The monoisotopic (exact) mass is 370 g/mol. The Morgan fingerprint density at radius 1 is 1.00 bits per heavy atom. The van der Waals surface area contributed by atoms with Crippen LogP contribution in [0.2, 0.25) is 0 Å². The number of nitrogens with two attached hydrogens (primary N) is 2. The van der Waals surface area contributed by atoms with Crippen LogP contribution in [-0.2, 0) is 17.8 Å². The maximum atomic E-state index is 12.7. The largest absolute Gasteiger partial charge is 0.443 e. The Hall–Kier alpha value is -3.22. The molecule has 0 saturated carbocycles. The van der Waals surface area contributed by atoms with E-state index >= 15 is 0 Å². The maximum absolute atomic E-state index is 12.7. The molecule has 3 amide bonds. The van der Waals surface area contributed by atoms with Crippen molar-refractivity contribution < 1.29 is 14.3 Å². The van der Waals surface area contributed by atoms with E-state index in [9.17, 15) is 9.59 Å². The van der Waals surface area contributed by atoms with Crippen LogP contribution in [0.1, 0.15) is 31.9 Å². The smallest absolute Gasteiger partial charge is 0.418 e. The molecular formula is C20H26N4O3. The molecule has 5 N–H and O–H groups in total. The van der Waals surface area contributed by atoms with E-state index in [1.165, 1.54) is 0 Å². The van der Waals surface area contributed by atoms with Crippen molar-refractivity contribution >= 4 is 23.5 Å². The average molecular weight is 370 g/mol. The van der Waals surface area contributed by atoms with Gasteiger partial charge in [0.1, 0.15) is 5.60 Å². The molecule has 0 heterocycles. The standard InChI is InChI=1S/C20H26N4O3/c1-20(2,3)27-19(26)24(13-14-7-9-16(21)10-8-14)18(25)23-12-15-5-4-6-17(22)11-15/h4-11H,12-13,21-22H2,1-3H3,(H,23,25). The quantitative estimate of drug-likeness (QED) is 0.713. The fourth-order valence-corrected chi connectivity index (χ4v) is 2.32. The third kappa shape index (κ3) is 6.54. The van der Waals surface area contributed by atoms with Gasteiger partial charge in [0, 0.05) is 17.9 Å². The highest BCUT2D eigenvalue weighted by molar-refractivity contribution is 5.91. The van der Waals surface area contributed by atoms with Crippen LogP contribution >= 0.6 is 0 Å². The van der Waals surface area contributed by atoms with E-state index in [0.717, 1.165) is 16.0 Å². The van der Waals surface area contributed by atoms with Crippen LogP contribution in [0.3, 0.4) is 0 Å². The highest BCUT2D eigenvalue weighted by Gasteiger charge is 2.27. The minimum absolute atomic E-state index is 0.0674. The highest BCUT2D eigenvalue weighted by Crippen LogP contribution is 2.14. The molecule has 0 saturated heterocycles. The van der Waals surface area contributed by atoms with E-state index in [1.54, 1.807) is 63.2 Å². The van der Waals surface area contributed by atoms with Gasteiger partial charge in [0.25, 0.3) is 0 Å². The predicted octanol–water partition coefficient (Wildman–Crippen LogP) is 3.50. The predicted molar refractivity (Wildman–Crippen MR) is 106 cm³/mol. The number of amides is 3. The zero-order chi connectivity index (χ0) is 20.0. The summed E-state index contributed by atoms with van der Waals surface area (Å²) in [5.74, 6) is 0. The Morgan fingerprint density at radius 2 is 1.67 bits per heavy atom. The molecule has 7 heteroatoms. The van der Waals surface area contributed by atoms with Gasteiger partial charge < -0.3 is 21.5 Å². The number of nitrogens with zero attached hydrogens (tertiary/aromatic N) is 1. The Kier molecular flexibility index (Phi) is 6.28. The van der Waals surface area contributed by atoms with Crippen LogP contribution in [0, 0.1) is 0 Å². The Bertz CT molecular complexity index is 798. The van der Waals surface area contributed by atoms with Crippen LogP contribution in [0.25, 0.3) is 0 Å². The van der Waals surface area contributed by atoms with Gasteiger partial charge >= 0.3 is 12.1 Å². The number of ether oxygens (including phenoxy) is 1. The summed E-state index contributed by atoms with van der Waals surface area (Å²) in [5, 5.41) is 2.73. The summed E-state index contributed by atoms with van der Waals surface area (Å²) in [4.78, 5) is 26.2. The minimum atomic E-state index is -0.718. The second-order valence-electron chi connectivity index (χ2n) is 7.21. The molecule has 0 spiro atoms. The number of nitrogens with one attached hydrogen (secondary N) is 1. The molecule has 0 aliphatic heterocycles. The van der Waals surface area contributed by atoms with Gasteiger partial charge in [0.05, 0.1) is 6.54 Å². The SMILES string of the molecule is CC(C)(C)OC(=O)N(Cc1ccc(N)cc1)C(=O)NCc1cccc(N)c1. The fraction of sp³-hybridized carbons (Fsp3) is 0.300. The Morgan fingerprint density at radius 3 is 2.26 bits per heavy atom. The molecule has 27 heavy (non-hydrogen) atoms. The summed E-state index contributed by atoms with van der Waals surface area (Å²) in [5.41, 5.74) is 13.5. The number of imide groups is 1.